The quantitative estimate of drug-likeness (QED) is 0.846. The Morgan fingerprint density at radius 3 is 2.75 bits per heavy atom. The fourth-order valence-corrected chi connectivity index (χ4v) is 3.58. The van der Waals surface area contributed by atoms with Crippen LogP contribution >= 0.6 is 11.3 Å². The first-order valence-electron chi connectivity index (χ1n) is 6.81. The van der Waals surface area contributed by atoms with Crippen LogP contribution in [0.4, 0.5) is 0 Å². The number of likely N-dealkylation sites (tertiary alicyclic amines) is 1. The highest BCUT2D eigenvalue weighted by Crippen LogP contribution is 2.25. The van der Waals surface area contributed by atoms with Crippen molar-refractivity contribution in [3.05, 3.63) is 27.1 Å². The number of hydrogen-bond acceptors (Lipinski definition) is 4. The molecule has 6 heteroatoms. The summed E-state index contributed by atoms with van der Waals surface area (Å²) in [4.78, 5) is 32.6. The molecule has 3 rings (SSSR count). The van der Waals surface area contributed by atoms with Gasteiger partial charge < -0.3 is 4.90 Å². The van der Waals surface area contributed by atoms with E-state index in [1.807, 2.05) is 18.7 Å². The zero-order chi connectivity index (χ0) is 14.3. The Morgan fingerprint density at radius 2 is 2.05 bits per heavy atom. The molecule has 1 fully saturated rings. The molecule has 0 aliphatic carbocycles. The van der Waals surface area contributed by atoms with Gasteiger partial charge in [-0.2, -0.15) is 0 Å². The number of fused-ring (bicyclic) bond motifs is 1. The molecule has 3 heterocycles. The maximum atomic E-state index is 12.5. The maximum absolute atomic E-state index is 12.5. The lowest BCUT2D eigenvalue weighted by Gasteiger charge is -2.15. The van der Waals surface area contributed by atoms with Crippen molar-refractivity contribution in [3.63, 3.8) is 0 Å². The van der Waals surface area contributed by atoms with Gasteiger partial charge in [-0.3, -0.25) is 14.2 Å². The van der Waals surface area contributed by atoms with Gasteiger partial charge in [-0.15, -0.1) is 11.3 Å². The van der Waals surface area contributed by atoms with Crippen molar-refractivity contribution in [1.29, 1.82) is 0 Å². The van der Waals surface area contributed by atoms with Crippen molar-refractivity contribution in [2.75, 3.05) is 13.1 Å². The van der Waals surface area contributed by atoms with Crippen molar-refractivity contribution in [1.82, 2.24) is 14.5 Å². The number of hydrogen-bond donors (Lipinski definition) is 0. The topological polar surface area (TPSA) is 55.2 Å². The molecule has 0 spiro atoms. The van der Waals surface area contributed by atoms with Gasteiger partial charge in [0.15, 0.2) is 0 Å². The van der Waals surface area contributed by atoms with Gasteiger partial charge in [0.25, 0.3) is 5.56 Å². The molecule has 20 heavy (non-hydrogen) atoms. The van der Waals surface area contributed by atoms with Crippen LogP contribution in [0.1, 0.15) is 23.3 Å². The lowest BCUT2D eigenvalue weighted by Crippen LogP contribution is -2.34. The molecule has 2 aromatic heterocycles. The minimum atomic E-state index is -0.107. The monoisotopic (exact) mass is 291 g/mol. The normalized spacial score (nSPS) is 15.2. The van der Waals surface area contributed by atoms with Crippen LogP contribution in [-0.4, -0.2) is 33.4 Å². The molecule has 2 aromatic rings. The van der Waals surface area contributed by atoms with E-state index in [0.717, 1.165) is 41.2 Å². The Balaban J connectivity index is 1.96. The Morgan fingerprint density at radius 1 is 1.35 bits per heavy atom. The second-order valence-electron chi connectivity index (χ2n) is 5.23. The van der Waals surface area contributed by atoms with E-state index in [2.05, 4.69) is 4.98 Å². The molecule has 0 aromatic carbocycles. The SMILES string of the molecule is Cc1sc2ncn(CC(=O)N3CCCC3)c(=O)c2c1C. The molecule has 0 radical (unpaired) electrons. The van der Waals surface area contributed by atoms with Crippen molar-refractivity contribution >= 4 is 27.5 Å². The lowest BCUT2D eigenvalue weighted by atomic mass is 10.2. The van der Waals surface area contributed by atoms with E-state index >= 15 is 0 Å². The molecule has 0 unspecified atom stereocenters. The average Bonchev–Trinajstić information content (AvgIpc) is 3.03. The first kappa shape index (κ1) is 13.3. The van der Waals surface area contributed by atoms with Crippen LogP contribution in [0.15, 0.2) is 11.1 Å². The summed E-state index contributed by atoms with van der Waals surface area (Å²) in [7, 11) is 0. The van der Waals surface area contributed by atoms with E-state index in [4.69, 9.17) is 0 Å². The predicted molar refractivity (Wildman–Crippen MR) is 79.2 cm³/mol. The number of carbonyl (C=O) groups excluding carboxylic acids is 1. The van der Waals surface area contributed by atoms with Crippen LogP contribution in [-0.2, 0) is 11.3 Å². The van der Waals surface area contributed by atoms with E-state index in [1.54, 1.807) is 0 Å². The fraction of sp³-hybridized carbons (Fsp3) is 0.500. The summed E-state index contributed by atoms with van der Waals surface area (Å²) in [5.41, 5.74) is 0.870. The number of aryl methyl sites for hydroxylation is 2. The first-order chi connectivity index (χ1) is 9.58. The lowest BCUT2D eigenvalue weighted by molar-refractivity contribution is -0.130. The highest BCUT2D eigenvalue weighted by Gasteiger charge is 2.19. The van der Waals surface area contributed by atoms with Crippen molar-refractivity contribution < 1.29 is 4.79 Å². The Bertz CT molecular complexity index is 726. The highest BCUT2D eigenvalue weighted by molar-refractivity contribution is 7.18. The van der Waals surface area contributed by atoms with E-state index in [-0.39, 0.29) is 18.0 Å². The minimum absolute atomic E-state index is 0.00959. The van der Waals surface area contributed by atoms with Crippen molar-refractivity contribution in [3.8, 4) is 0 Å². The molecule has 1 saturated heterocycles. The van der Waals surface area contributed by atoms with Gasteiger partial charge in [-0.1, -0.05) is 0 Å². The number of aromatic nitrogens is 2. The number of rotatable bonds is 2. The van der Waals surface area contributed by atoms with Crippen LogP contribution in [0, 0.1) is 13.8 Å². The summed E-state index contributed by atoms with van der Waals surface area (Å²) in [6, 6.07) is 0. The molecule has 106 valence electrons. The third-order valence-corrected chi connectivity index (χ3v) is 5.04. The standard InChI is InChI=1S/C14H17N3O2S/c1-9-10(2)20-13-12(9)14(19)17(8-15-13)7-11(18)16-5-3-4-6-16/h8H,3-7H2,1-2H3. The third kappa shape index (κ3) is 2.14. The Labute approximate surface area is 120 Å². The number of amides is 1. The van der Waals surface area contributed by atoms with Crippen LogP contribution in [0.3, 0.4) is 0 Å². The van der Waals surface area contributed by atoms with Crippen LogP contribution < -0.4 is 5.56 Å². The molecular weight excluding hydrogens is 274 g/mol. The Kier molecular flexibility index (Phi) is 3.33. The summed E-state index contributed by atoms with van der Waals surface area (Å²) in [6.45, 7) is 5.63. The zero-order valence-electron chi connectivity index (χ0n) is 11.7. The summed E-state index contributed by atoms with van der Waals surface area (Å²) in [5.74, 6) is 0.00959. The molecule has 0 bridgehead atoms. The summed E-state index contributed by atoms with van der Waals surface area (Å²) < 4.78 is 1.43. The largest absolute Gasteiger partial charge is 0.341 e. The van der Waals surface area contributed by atoms with E-state index in [0.29, 0.717) is 5.39 Å². The third-order valence-electron chi connectivity index (χ3n) is 3.92. The average molecular weight is 291 g/mol. The minimum Gasteiger partial charge on any atom is -0.341 e. The maximum Gasteiger partial charge on any atom is 0.262 e. The van der Waals surface area contributed by atoms with Crippen molar-refractivity contribution in [2.45, 2.75) is 33.2 Å². The van der Waals surface area contributed by atoms with E-state index in [1.165, 1.54) is 22.2 Å². The van der Waals surface area contributed by atoms with Gasteiger partial charge >= 0.3 is 0 Å². The second-order valence-corrected chi connectivity index (χ2v) is 6.43. The van der Waals surface area contributed by atoms with Gasteiger partial charge in [0.05, 0.1) is 11.7 Å². The number of nitrogens with zero attached hydrogens (tertiary/aromatic N) is 3. The van der Waals surface area contributed by atoms with E-state index < -0.39 is 0 Å². The molecular formula is C14H17N3O2S. The van der Waals surface area contributed by atoms with E-state index in [9.17, 15) is 9.59 Å². The fourth-order valence-electron chi connectivity index (χ4n) is 2.59. The highest BCUT2D eigenvalue weighted by atomic mass is 32.1. The molecule has 1 amide bonds. The molecule has 0 N–H and O–H groups in total. The molecule has 5 nitrogen and oxygen atoms in total. The summed E-state index contributed by atoms with van der Waals surface area (Å²) in [6.07, 6.45) is 3.61. The summed E-state index contributed by atoms with van der Waals surface area (Å²) >= 11 is 1.53. The Hall–Kier alpha value is -1.69. The van der Waals surface area contributed by atoms with Gasteiger partial charge in [-0.05, 0) is 32.3 Å². The first-order valence-corrected chi connectivity index (χ1v) is 7.62. The van der Waals surface area contributed by atoms with Crippen molar-refractivity contribution in [2.24, 2.45) is 0 Å². The molecule has 1 aliphatic rings. The molecule has 0 atom stereocenters. The van der Waals surface area contributed by atoms with Gasteiger partial charge in [0.1, 0.15) is 11.4 Å². The van der Waals surface area contributed by atoms with Gasteiger partial charge in [0.2, 0.25) is 5.91 Å². The smallest absolute Gasteiger partial charge is 0.262 e. The van der Waals surface area contributed by atoms with Crippen LogP contribution in [0.2, 0.25) is 0 Å². The summed E-state index contributed by atoms with van der Waals surface area (Å²) in [5, 5.41) is 0.657. The number of carbonyl (C=O) groups is 1. The van der Waals surface area contributed by atoms with Gasteiger partial charge in [0, 0.05) is 18.0 Å². The number of thiophene rings is 1. The van der Waals surface area contributed by atoms with Gasteiger partial charge in [-0.25, -0.2) is 4.98 Å². The van der Waals surface area contributed by atoms with Crippen LogP contribution in [0.5, 0.6) is 0 Å². The molecule has 0 saturated carbocycles. The zero-order valence-corrected chi connectivity index (χ0v) is 12.5. The van der Waals surface area contributed by atoms with Crippen LogP contribution in [0.25, 0.3) is 10.2 Å². The predicted octanol–water partition coefficient (Wildman–Crippen LogP) is 1.70. The second kappa shape index (κ2) is 5.01. The molecule has 1 aliphatic heterocycles.